The zero-order valence-corrected chi connectivity index (χ0v) is 13.9. The van der Waals surface area contributed by atoms with Crippen molar-refractivity contribution in [3.05, 3.63) is 53.9 Å². The highest BCUT2D eigenvalue weighted by molar-refractivity contribution is 5.95. The Hall–Kier alpha value is -2.60. The number of pyridine rings is 1. The Kier molecular flexibility index (Phi) is 6.57. The molecule has 0 fully saturated rings. The number of carbonyl (C=O) groups excluding carboxylic acids is 1. The number of nitrogens with two attached hydrogens (primary N) is 1. The maximum Gasteiger partial charge on any atom is 0.252 e. The van der Waals surface area contributed by atoms with E-state index in [1.165, 1.54) is 0 Å². The number of hydrogen-bond acceptors (Lipinski definition) is 5. The quantitative estimate of drug-likeness (QED) is 0.715. The summed E-state index contributed by atoms with van der Waals surface area (Å²) in [5, 5.41) is 0. The maximum absolute atomic E-state index is 11.5. The summed E-state index contributed by atoms with van der Waals surface area (Å²) in [6.45, 7) is 2.98. The minimum absolute atomic E-state index is 0.279. The number of aromatic nitrogens is 1. The van der Waals surface area contributed by atoms with Gasteiger partial charge in [-0.15, -0.1) is 0 Å². The zero-order valence-electron chi connectivity index (χ0n) is 13.9. The van der Waals surface area contributed by atoms with Gasteiger partial charge in [-0.25, -0.2) is 0 Å². The molecule has 0 radical (unpaired) electrons. The fraction of sp³-hybridized carbons (Fsp3) is 0.333. The van der Waals surface area contributed by atoms with Gasteiger partial charge in [-0.3, -0.25) is 9.78 Å². The Balaban J connectivity index is 2.10. The molecule has 0 saturated heterocycles. The third-order valence-corrected chi connectivity index (χ3v) is 3.44. The molecule has 128 valence electrons. The largest absolute Gasteiger partial charge is 0.490 e. The van der Waals surface area contributed by atoms with Crippen LogP contribution in [0, 0.1) is 0 Å². The van der Waals surface area contributed by atoms with E-state index in [1.54, 1.807) is 37.6 Å². The molecule has 1 aromatic heterocycles. The number of hydrogen-bond donors (Lipinski definition) is 1. The number of primary amides is 1. The molecule has 0 bridgehead atoms. The van der Waals surface area contributed by atoms with Crippen LogP contribution in [0.5, 0.6) is 11.5 Å². The van der Waals surface area contributed by atoms with E-state index in [1.807, 2.05) is 19.1 Å². The SMILES string of the molecule is CCC(Oc1ccccc1C(N)=O)c1ccc(OCCOC)cn1. The molecule has 1 unspecified atom stereocenters. The second-order valence-electron chi connectivity index (χ2n) is 5.14. The van der Waals surface area contributed by atoms with E-state index in [4.69, 9.17) is 19.9 Å². The van der Waals surface area contributed by atoms with Crippen molar-refractivity contribution >= 4 is 5.91 Å². The normalized spacial score (nSPS) is 11.8. The van der Waals surface area contributed by atoms with E-state index in [-0.39, 0.29) is 6.10 Å². The Labute approximate surface area is 141 Å². The number of carbonyl (C=O) groups is 1. The molecule has 0 aliphatic carbocycles. The highest BCUT2D eigenvalue weighted by Crippen LogP contribution is 2.27. The van der Waals surface area contributed by atoms with Crippen molar-refractivity contribution < 1.29 is 19.0 Å². The van der Waals surface area contributed by atoms with E-state index >= 15 is 0 Å². The predicted molar refractivity (Wildman–Crippen MR) is 90.2 cm³/mol. The number of nitrogens with zero attached hydrogens (tertiary/aromatic N) is 1. The van der Waals surface area contributed by atoms with Crippen LogP contribution in [0.4, 0.5) is 0 Å². The molecule has 0 saturated carbocycles. The summed E-state index contributed by atoms with van der Waals surface area (Å²) in [6, 6.07) is 10.6. The highest BCUT2D eigenvalue weighted by atomic mass is 16.5. The van der Waals surface area contributed by atoms with Crippen LogP contribution in [0.2, 0.25) is 0 Å². The van der Waals surface area contributed by atoms with Crippen LogP contribution in [0.25, 0.3) is 0 Å². The lowest BCUT2D eigenvalue weighted by Gasteiger charge is -2.19. The first-order valence-electron chi connectivity index (χ1n) is 7.78. The number of rotatable bonds is 9. The summed E-state index contributed by atoms with van der Waals surface area (Å²) >= 11 is 0. The van der Waals surface area contributed by atoms with Gasteiger partial charge in [0.05, 0.1) is 24.1 Å². The Morgan fingerprint density at radius 1 is 1.21 bits per heavy atom. The van der Waals surface area contributed by atoms with Crippen LogP contribution in [0.15, 0.2) is 42.6 Å². The van der Waals surface area contributed by atoms with E-state index in [0.717, 1.165) is 5.69 Å². The Morgan fingerprint density at radius 2 is 2.00 bits per heavy atom. The second-order valence-corrected chi connectivity index (χ2v) is 5.14. The topological polar surface area (TPSA) is 83.7 Å². The van der Waals surface area contributed by atoms with Crippen molar-refractivity contribution in [1.29, 1.82) is 0 Å². The minimum Gasteiger partial charge on any atom is -0.490 e. The standard InChI is InChI=1S/C18H22N2O4/c1-3-16(24-17-7-5-4-6-14(17)18(19)21)15-9-8-13(12-20-15)23-11-10-22-2/h4-9,12,16H,3,10-11H2,1-2H3,(H2,19,21). The van der Waals surface area contributed by atoms with Gasteiger partial charge < -0.3 is 19.9 Å². The van der Waals surface area contributed by atoms with Gasteiger partial charge in [-0.1, -0.05) is 19.1 Å². The van der Waals surface area contributed by atoms with Crippen molar-refractivity contribution in [2.24, 2.45) is 5.73 Å². The molecule has 2 aromatic rings. The molecular formula is C18H22N2O4. The van der Waals surface area contributed by atoms with Crippen molar-refractivity contribution in [3.63, 3.8) is 0 Å². The van der Waals surface area contributed by atoms with Gasteiger partial charge in [-0.05, 0) is 30.7 Å². The number of benzene rings is 1. The summed E-state index contributed by atoms with van der Waals surface area (Å²) in [5.41, 5.74) is 6.50. The van der Waals surface area contributed by atoms with Crippen LogP contribution in [0.3, 0.4) is 0 Å². The van der Waals surface area contributed by atoms with Crippen molar-refractivity contribution in [2.75, 3.05) is 20.3 Å². The third-order valence-electron chi connectivity index (χ3n) is 3.44. The van der Waals surface area contributed by atoms with E-state index < -0.39 is 5.91 Å². The first-order chi connectivity index (χ1) is 11.7. The summed E-state index contributed by atoms with van der Waals surface area (Å²) in [7, 11) is 1.62. The van der Waals surface area contributed by atoms with E-state index in [9.17, 15) is 4.79 Å². The second kappa shape index (κ2) is 8.88. The third kappa shape index (κ3) is 4.70. The van der Waals surface area contributed by atoms with Crippen LogP contribution >= 0.6 is 0 Å². The van der Waals surface area contributed by atoms with E-state index in [0.29, 0.717) is 36.7 Å². The van der Waals surface area contributed by atoms with Crippen LogP contribution < -0.4 is 15.2 Å². The predicted octanol–water partition coefficient (Wildman–Crippen LogP) is 2.74. The molecule has 2 N–H and O–H groups in total. The fourth-order valence-electron chi connectivity index (χ4n) is 2.19. The van der Waals surface area contributed by atoms with Crippen LogP contribution in [-0.4, -0.2) is 31.2 Å². The fourth-order valence-corrected chi connectivity index (χ4v) is 2.19. The minimum atomic E-state index is -0.518. The average molecular weight is 330 g/mol. The van der Waals surface area contributed by atoms with Crippen LogP contribution in [0.1, 0.15) is 35.5 Å². The average Bonchev–Trinajstić information content (AvgIpc) is 2.61. The smallest absolute Gasteiger partial charge is 0.252 e. The van der Waals surface area contributed by atoms with Crippen molar-refractivity contribution in [3.8, 4) is 11.5 Å². The molecule has 0 aliphatic rings. The van der Waals surface area contributed by atoms with Gasteiger partial charge in [0, 0.05) is 7.11 Å². The molecule has 6 heteroatoms. The first-order valence-corrected chi connectivity index (χ1v) is 7.78. The van der Waals surface area contributed by atoms with Gasteiger partial charge in [0.2, 0.25) is 0 Å². The molecular weight excluding hydrogens is 308 g/mol. The molecule has 6 nitrogen and oxygen atoms in total. The number of para-hydroxylation sites is 1. The highest BCUT2D eigenvalue weighted by Gasteiger charge is 2.16. The number of methoxy groups -OCH3 is 1. The molecule has 1 heterocycles. The first kappa shape index (κ1) is 17.7. The molecule has 24 heavy (non-hydrogen) atoms. The number of amides is 1. The molecule has 0 spiro atoms. The number of ether oxygens (including phenoxy) is 3. The lowest BCUT2D eigenvalue weighted by molar-refractivity contribution is 0.0992. The van der Waals surface area contributed by atoms with Gasteiger partial charge in [0.15, 0.2) is 0 Å². The Morgan fingerprint density at radius 3 is 2.62 bits per heavy atom. The monoisotopic (exact) mass is 330 g/mol. The molecule has 2 rings (SSSR count). The van der Waals surface area contributed by atoms with Gasteiger partial charge in [0.1, 0.15) is 24.2 Å². The zero-order chi connectivity index (χ0) is 17.4. The van der Waals surface area contributed by atoms with E-state index in [2.05, 4.69) is 4.98 Å². The molecule has 1 amide bonds. The lowest BCUT2D eigenvalue weighted by Crippen LogP contribution is -2.15. The summed E-state index contributed by atoms with van der Waals surface area (Å²) in [4.78, 5) is 15.9. The summed E-state index contributed by atoms with van der Waals surface area (Å²) < 4.78 is 16.4. The van der Waals surface area contributed by atoms with Crippen molar-refractivity contribution in [2.45, 2.75) is 19.4 Å². The summed E-state index contributed by atoms with van der Waals surface area (Å²) in [6.07, 6.45) is 2.07. The molecule has 1 atom stereocenters. The van der Waals surface area contributed by atoms with Crippen molar-refractivity contribution in [1.82, 2.24) is 4.98 Å². The maximum atomic E-state index is 11.5. The van der Waals surface area contributed by atoms with Gasteiger partial charge in [-0.2, -0.15) is 0 Å². The lowest BCUT2D eigenvalue weighted by atomic mass is 10.1. The van der Waals surface area contributed by atoms with Gasteiger partial charge >= 0.3 is 0 Å². The van der Waals surface area contributed by atoms with Gasteiger partial charge in [0.25, 0.3) is 5.91 Å². The Bertz CT molecular complexity index is 658. The molecule has 1 aromatic carbocycles. The molecule has 0 aliphatic heterocycles. The van der Waals surface area contributed by atoms with Crippen LogP contribution in [-0.2, 0) is 4.74 Å². The summed E-state index contributed by atoms with van der Waals surface area (Å²) in [5.74, 6) is 0.609.